The lowest BCUT2D eigenvalue weighted by Gasteiger charge is -2.18. The molecule has 0 radical (unpaired) electrons. The molecule has 0 aliphatic heterocycles. The van der Waals surface area contributed by atoms with Crippen LogP contribution in [0.15, 0.2) is 35.5 Å². The first-order valence-corrected chi connectivity index (χ1v) is 8.84. The number of nitrogens with zero attached hydrogens (tertiary/aromatic N) is 3. The molecule has 2 rings (SSSR count). The summed E-state index contributed by atoms with van der Waals surface area (Å²) in [6, 6.07) is 3.61. The number of anilines is 1. The molecule has 0 bridgehead atoms. The summed E-state index contributed by atoms with van der Waals surface area (Å²) in [5.74, 6) is -1.13. The number of alkyl halides is 3. The summed E-state index contributed by atoms with van der Waals surface area (Å²) in [6.45, 7) is 4.44. The molecule has 2 aromatic rings. The number of nitrogens with one attached hydrogen (secondary N) is 3. The van der Waals surface area contributed by atoms with E-state index in [-0.39, 0.29) is 48.6 Å². The lowest BCUT2D eigenvalue weighted by atomic mass is 10.1. The molecular formula is C18H22F5IN6. The minimum atomic E-state index is -4.55. The highest BCUT2D eigenvalue weighted by molar-refractivity contribution is 14.0. The number of hydrogen-bond donors (Lipinski definition) is 3. The molecule has 1 aromatic heterocycles. The van der Waals surface area contributed by atoms with E-state index >= 15 is 0 Å². The first-order chi connectivity index (χ1) is 13.7. The average molecular weight is 544 g/mol. The summed E-state index contributed by atoms with van der Waals surface area (Å²) in [6.07, 6.45) is -3.53. The standard InChI is InChI=1S/C18H21F5N6.HI/c1-3-24-16(28-11(2)13-5-4-12(19)10-14(13)20)26-8-9-27-17-25-7-6-15(29-17)18(21,22)23;/h4-7,10-11H,3,8-9H2,1-2H3,(H2,24,26,28)(H,25,27,29);1H. The van der Waals surface area contributed by atoms with Crippen molar-refractivity contribution in [2.24, 2.45) is 4.99 Å². The van der Waals surface area contributed by atoms with E-state index in [9.17, 15) is 22.0 Å². The van der Waals surface area contributed by atoms with Crippen molar-refractivity contribution in [3.05, 3.63) is 53.4 Å². The van der Waals surface area contributed by atoms with E-state index in [0.717, 1.165) is 18.3 Å². The van der Waals surface area contributed by atoms with Crippen LogP contribution in [-0.4, -0.2) is 35.6 Å². The van der Waals surface area contributed by atoms with Gasteiger partial charge in [-0.05, 0) is 26.0 Å². The lowest BCUT2D eigenvalue weighted by Crippen LogP contribution is -2.39. The van der Waals surface area contributed by atoms with Gasteiger partial charge < -0.3 is 16.0 Å². The highest BCUT2D eigenvalue weighted by Crippen LogP contribution is 2.27. The Labute approximate surface area is 187 Å². The first-order valence-electron chi connectivity index (χ1n) is 8.84. The van der Waals surface area contributed by atoms with E-state index in [1.54, 1.807) is 6.92 Å². The molecule has 0 amide bonds. The van der Waals surface area contributed by atoms with Crippen molar-refractivity contribution in [2.45, 2.75) is 26.1 Å². The summed E-state index contributed by atoms with van der Waals surface area (Å²) in [5, 5.41) is 8.64. The van der Waals surface area contributed by atoms with E-state index in [1.807, 2.05) is 6.92 Å². The molecule has 1 heterocycles. The highest BCUT2D eigenvalue weighted by atomic mass is 127. The van der Waals surface area contributed by atoms with Crippen molar-refractivity contribution in [2.75, 3.05) is 25.0 Å². The fraction of sp³-hybridized carbons (Fsp3) is 0.389. The second-order valence-electron chi connectivity index (χ2n) is 5.98. The van der Waals surface area contributed by atoms with E-state index in [2.05, 4.69) is 30.9 Å². The Morgan fingerprint density at radius 2 is 1.93 bits per heavy atom. The van der Waals surface area contributed by atoms with Gasteiger partial charge in [-0.25, -0.2) is 18.7 Å². The Morgan fingerprint density at radius 1 is 1.20 bits per heavy atom. The molecule has 12 heteroatoms. The van der Waals surface area contributed by atoms with Crippen LogP contribution in [0.1, 0.15) is 31.1 Å². The van der Waals surface area contributed by atoms with Crippen LogP contribution in [0.25, 0.3) is 0 Å². The summed E-state index contributed by atoms with van der Waals surface area (Å²) >= 11 is 0. The lowest BCUT2D eigenvalue weighted by molar-refractivity contribution is -0.141. The van der Waals surface area contributed by atoms with Crippen LogP contribution >= 0.6 is 24.0 Å². The minimum absolute atomic E-state index is 0. The van der Waals surface area contributed by atoms with Crippen molar-refractivity contribution in [3.8, 4) is 0 Å². The zero-order valence-corrected chi connectivity index (χ0v) is 18.6. The first kappa shape index (κ1) is 25.8. The van der Waals surface area contributed by atoms with Crippen LogP contribution in [0.4, 0.5) is 27.9 Å². The Bertz CT molecular complexity index is 846. The van der Waals surface area contributed by atoms with Crippen molar-refractivity contribution in [3.63, 3.8) is 0 Å². The van der Waals surface area contributed by atoms with Gasteiger partial charge in [0.1, 0.15) is 17.3 Å². The molecule has 0 aliphatic rings. The minimum Gasteiger partial charge on any atom is -0.357 e. The third-order valence-corrected chi connectivity index (χ3v) is 3.74. The Morgan fingerprint density at radius 3 is 2.57 bits per heavy atom. The number of aromatic nitrogens is 2. The third kappa shape index (κ3) is 7.88. The van der Waals surface area contributed by atoms with Crippen molar-refractivity contribution in [1.82, 2.24) is 20.6 Å². The van der Waals surface area contributed by atoms with Crippen molar-refractivity contribution < 1.29 is 22.0 Å². The fourth-order valence-electron chi connectivity index (χ4n) is 2.39. The fourth-order valence-corrected chi connectivity index (χ4v) is 2.39. The van der Waals surface area contributed by atoms with Crippen LogP contribution in [0.2, 0.25) is 0 Å². The van der Waals surface area contributed by atoms with Crippen LogP contribution in [0, 0.1) is 11.6 Å². The second-order valence-corrected chi connectivity index (χ2v) is 5.98. The molecule has 6 nitrogen and oxygen atoms in total. The number of halogens is 6. The quantitative estimate of drug-likeness (QED) is 0.161. The van der Waals surface area contributed by atoms with Crippen molar-refractivity contribution in [1.29, 1.82) is 0 Å². The zero-order valence-electron chi connectivity index (χ0n) is 16.2. The number of hydrogen-bond acceptors (Lipinski definition) is 4. The third-order valence-electron chi connectivity index (χ3n) is 3.74. The molecule has 3 N–H and O–H groups in total. The second kappa shape index (κ2) is 11.8. The maximum atomic E-state index is 13.9. The summed E-state index contributed by atoms with van der Waals surface area (Å²) < 4.78 is 64.9. The topological polar surface area (TPSA) is 74.2 Å². The van der Waals surface area contributed by atoms with Crippen LogP contribution in [0.3, 0.4) is 0 Å². The van der Waals surface area contributed by atoms with Crippen LogP contribution in [0.5, 0.6) is 0 Å². The smallest absolute Gasteiger partial charge is 0.357 e. The summed E-state index contributed by atoms with van der Waals surface area (Å²) in [4.78, 5) is 11.4. The van der Waals surface area contributed by atoms with E-state index in [1.165, 1.54) is 12.1 Å². The summed E-state index contributed by atoms with van der Waals surface area (Å²) in [7, 11) is 0. The van der Waals surface area contributed by atoms with Gasteiger partial charge >= 0.3 is 6.18 Å². The van der Waals surface area contributed by atoms with Gasteiger partial charge in [-0.15, -0.1) is 24.0 Å². The number of guanidine groups is 1. The molecule has 0 saturated carbocycles. The van der Waals surface area contributed by atoms with E-state index in [0.29, 0.717) is 12.5 Å². The molecule has 166 valence electrons. The zero-order chi connectivity index (χ0) is 21.4. The molecule has 1 aromatic carbocycles. The molecule has 1 atom stereocenters. The highest BCUT2D eigenvalue weighted by Gasteiger charge is 2.32. The number of rotatable bonds is 7. The van der Waals surface area contributed by atoms with E-state index < -0.39 is 29.5 Å². The average Bonchev–Trinajstić information content (AvgIpc) is 2.64. The molecule has 30 heavy (non-hydrogen) atoms. The molecular weight excluding hydrogens is 522 g/mol. The van der Waals surface area contributed by atoms with Gasteiger partial charge in [-0.2, -0.15) is 13.2 Å². The van der Waals surface area contributed by atoms with Crippen LogP contribution < -0.4 is 16.0 Å². The van der Waals surface area contributed by atoms with Gasteiger partial charge in [0.25, 0.3) is 0 Å². The normalized spacial score (nSPS) is 12.7. The van der Waals surface area contributed by atoms with E-state index in [4.69, 9.17) is 0 Å². The maximum Gasteiger partial charge on any atom is 0.433 e. The van der Waals surface area contributed by atoms with Crippen LogP contribution in [-0.2, 0) is 6.18 Å². The van der Waals surface area contributed by atoms with Gasteiger partial charge in [0, 0.05) is 30.9 Å². The van der Waals surface area contributed by atoms with Gasteiger partial charge in [0.15, 0.2) is 5.96 Å². The predicted molar refractivity (Wildman–Crippen MR) is 115 cm³/mol. The predicted octanol–water partition coefficient (Wildman–Crippen LogP) is 4.12. The molecule has 0 fully saturated rings. The SMILES string of the molecule is CCNC(=NCCNc1nccc(C(F)(F)F)n1)NC(C)c1ccc(F)cc1F.I. The monoisotopic (exact) mass is 544 g/mol. The molecule has 0 aliphatic carbocycles. The molecule has 1 unspecified atom stereocenters. The number of aliphatic imine (C=N–C) groups is 1. The Balaban J connectivity index is 0.00000450. The van der Waals surface area contributed by atoms with Gasteiger partial charge in [-0.3, -0.25) is 4.99 Å². The Hall–Kier alpha value is -2.25. The largest absolute Gasteiger partial charge is 0.433 e. The number of benzene rings is 1. The Kier molecular flexibility index (Phi) is 10.2. The van der Waals surface area contributed by atoms with Gasteiger partial charge in [-0.1, -0.05) is 6.07 Å². The van der Waals surface area contributed by atoms with Gasteiger partial charge in [0.05, 0.1) is 12.6 Å². The van der Waals surface area contributed by atoms with Gasteiger partial charge in [0.2, 0.25) is 5.95 Å². The van der Waals surface area contributed by atoms with Crippen molar-refractivity contribution >= 4 is 35.9 Å². The maximum absolute atomic E-state index is 13.9. The molecule has 0 saturated heterocycles. The summed E-state index contributed by atoms with van der Waals surface area (Å²) in [5.41, 5.74) is -0.767. The molecule has 0 spiro atoms.